The van der Waals surface area contributed by atoms with Gasteiger partial charge in [-0.25, -0.2) is 13.4 Å². The molecule has 0 amide bonds. The van der Waals surface area contributed by atoms with E-state index in [0.717, 1.165) is 48.0 Å². The van der Waals surface area contributed by atoms with Crippen molar-refractivity contribution in [3.8, 4) is 11.1 Å². The van der Waals surface area contributed by atoms with Crippen molar-refractivity contribution in [2.24, 2.45) is 0 Å². The Morgan fingerprint density at radius 3 is 2.76 bits per heavy atom. The third-order valence-electron chi connectivity index (χ3n) is 5.01. The van der Waals surface area contributed by atoms with Crippen LogP contribution in [0.15, 0.2) is 42.5 Å². The van der Waals surface area contributed by atoms with Gasteiger partial charge in [0.15, 0.2) is 0 Å². The normalized spacial score (nSPS) is 17.1. The number of aromatic nitrogens is 2. The Bertz CT molecular complexity index is 1170. The van der Waals surface area contributed by atoms with E-state index in [9.17, 15) is 13.5 Å². The van der Waals surface area contributed by atoms with Crippen LogP contribution in [0.2, 0.25) is 5.28 Å². The van der Waals surface area contributed by atoms with Crippen LogP contribution in [0.3, 0.4) is 0 Å². The Kier molecular flexibility index (Phi) is 5.33. The van der Waals surface area contributed by atoms with Gasteiger partial charge in [-0.2, -0.15) is 4.98 Å². The molecule has 9 heteroatoms. The Hall–Kier alpha value is -2.42. The van der Waals surface area contributed by atoms with Crippen LogP contribution in [-0.2, 0) is 10.0 Å². The minimum Gasteiger partial charge on any atom is -0.394 e. The SMILES string of the molecule is CS(=O)(=O)Nc1cccc(-c2ccc3c(N4CCCC4CO)nc(Cl)nc3c2)c1. The minimum absolute atomic E-state index is 0.0302. The number of hydrogen-bond donors (Lipinski definition) is 2. The molecule has 152 valence electrons. The van der Waals surface area contributed by atoms with Crippen molar-refractivity contribution in [1.29, 1.82) is 0 Å². The number of sulfonamides is 1. The zero-order valence-corrected chi connectivity index (χ0v) is 17.4. The first-order chi connectivity index (χ1) is 13.8. The number of aliphatic hydroxyl groups is 1. The van der Waals surface area contributed by atoms with Crippen molar-refractivity contribution < 1.29 is 13.5 Å². The highest BCUT2D eigenvalue weighted by molar-refractivity contribution is 7.92. The number of halogens is 1. The minimum atomic E-state index is -3.35. The third kappa shape index (κ3) is 4.29. The zero-order valence-electron chi connectivity index (χ0n) is 15.8. The van der Waals surface area contributed by atoms with Crippen LogP contribution in [-0.4, -0.2) is 48.9 Å². The average Bonchev–Trinajstić information content (AvgIpc) is 3.14. The van der Waals surface area contributed by atoms with Crippen molar-refractivity contribution in [2.75, 3.05) is 29.0 Å². The summed E-state index contributed by atoms with van der Waals surface area (Å²) < 4.78 is 25.5. The summed E-state index contributed by atoms with van der Waals surface area (Å²) in [6, 6.07) is 13.0. The van der Waals surface area contributed by atoms with Crippen molar-refractivity contribution in [3.63, 3.8) is 0 Å². The molecule has 2 heterocycles. The van der Waals surface area contributed by atoms with E-state index in [2.05, 4.69) is 19.6 Å². The molecule has 0 spiro atoms. The van der Waals surface area contributed by atoms with Crippen LogP contribution in [0.5, 0.6) is 0 Å². The van der Waals surface area contributed by atoms with E-state index in [1.165, 1.54) is 0 Å². The molecule has 0 radical (unpaired) electrons. The van der Waals surface area contributed by atoms with Crippen LogP contribution < -0.4 is 9.62 Å². The monoisotopic (exact) mass is 432 g/mol. The molecule has 0 aliphatic carbocycles. The average molecular weight is 433 g/mol. The number of nitrogens with one attached hydrogen (secondary N) is 1. The maximum absolute atomic E-state index is 11.5. The van der Waals surface area contributed by atoms with E-state index < -0.39 is 10.0 Å². The molecule has 3 aromatic rings. The van der Waals surface area contributed by atoms with Gasteiger partial charge in [0, 0.05) is 17.6 Å². The van der Waals surface area contributed by atoms with Gasteiger partial charge in [0.05, 0.1) is 24.4 Å². The Morgan fingerprint density at radius 2 is 2.00 bits per heavy atom. The molecule has 1 aliphatic heterocycles. The van der Waals surface area contributed by atoms with E-state index >= 15 is 0 Å². The van der Waals surface area contributed by atoms with E-state index in [1.807, 2.05) is 24.3 Å². The molecule has 2 N–H and O–H groups in total. The molecule has 7 nitrogen and oxygen atoms in total. The summed E-state index contributed by atoms with van der Waals surface area (Å²) in [5.74, 6) is 0.732. The van der Waals surface area contributed by atoms with Gasteiger partial charge in [-0.3, -0.25) is 4.72 Å². The number of anilines is 2. The molecule has 0 bridgehead atoms. The summed E-state index contributed by atoms with van der Waals surface area (Å²) in [5, 5.41) is 10.7. The van der Waals surface area contributed by atoms with Gasteiger partial charge in [-0.05, 0) is 59.8 Å². The molecule has 2 aromatic carbocycles. The number of nitrogens with zero attached hydrogens (tertiary/aromatic N) is 3. The molecule has 29 heavy (non-hydrogen) atoms. The number of fused-ring (bicyclic) bond motifs is 1. The molecule has 1 unspecified atom stereocenters. The highest BCUT2D eigenvalue weighted by atomic mass is 35.5. The fourth-order valence-corrected chi connectivity index (χ4v) is 4.49. The maximum atomic E-state index is 11.5. The summed E-state index contributed by atoms with van der Waals surface area (Å²) in [6.45, 7) is 0.885. The Morgan fingerprint density at radius 1 is 1.21 bits per heavy atom. The second-order valence-corrected chi connectivity index (χ2v) is 9.26. The lowest BCUT2D eigenvalue weighted by atomic mass is 10.0. The highest BCUT2D eigenvalue weighted by Gasteiger charge is 2.27. The summed E-state index contributed by atoms with van der Waals surface area (Å²) in [6.07, 6.45) is 3.03. The summed E-state index contributed by atoms with van der Waals surface area (Å²) >= 11 is 6.20. The molecule has 0 saturated carbocycles. The van der Waals surface area contributed by atoms with Crippen LogP contribution in [0.25, 0.3) is 22.0 Å². The topological polar surface area (TPSA) is 95.4 Å². The predicted octanol–water partition coefficient (Wildman–Crippen LogP) is 3.28. The number of rotatable bonds is 5. The molecule has 1 saturated heterocycles. The number of hydrogen-bond acceptors (Lipinski definition) is 6. The predicted molar refractivity (Wildman–Crippen MR) is 116 cm³/mol. The van der Waals surface area contributed by atoms with Crippen LogP contribution in [0.4, 0.5) is 11.5 Å². The molecular formula is C20H21ClN4O3S. The largest absolute Gasteiger partial charge is 0.394 e. The zero-order chi connectivity index (χ0) is 20.6. The second-order valence-electron chi connectivity index (χ2n) is 7.18. The van der Waals surface area contributed by atoms with E-state index in [-0.39, 0.29) is 17.9 Å². The van der Waals surface area contributed by atoms with Crippen LogP contribution in [0.1, 0.15) is 12.8 Å². The van der Waals surface area contributed by atoms with Gasteiger partial charge in [0.25, 0.3) is 0 Å². The first-order valence-corrected chi connectivity index (χ1v) is 11.5. The van der Waals surface area contributed by atoms with Crippen molar-refractivity contribution in [1.82, 2.24) is 9.97 Å². The van der Waals surface area contributed by atoms with Gasteiger partial charge >= 0.3 is 0 Å². The second kappa shape index (κ2) is 7.78. The van der Waals surface area contributed by atoms with Gasteiger partial charge in [0.2, 0.25) is 15.3 Å². The molecule has 1 aliphatic rings. The molecule has 1 aromatic heterocycles. The lowest BCUT2D eigenvalue weighted by molar-refractivity contribution is 0.266. The van der Waals surface area contributed by atoms with Crippen molar-refractivity contribution >= 4 is 44.0 Å². The number of aliphatic hydroxyl groups excluding tert-OH is 1. The Balaban J connectivity index is 1.77. The molecular weight excluding hydrogens is 412 g/mol. The maximum Gasteiger partial charge on any atom is 0.229 e. The first-order valence-electron chi connectivity index (χ1n) is 9.27. The quantitative estimate of drug-likeness (QED) is 0.601. The van der Waals surface area contributed by atoms with Gasteiger partial charge in [-0.15, -0.1) is 0 Å². The lowest BCUT2D eigenvalue weighted by Gasteiger charge is -2.25. The van der Waals surface area contributed by atoms with E-state index in [1.54, 1.807) is 18.2 Å². The molecule has 4 rings (SSSR count). The smallest absolute Gasteiger partial charge is 0.229 e. The van der Waals surface area contributed by atoms with E-state index in [0.29, 0.717) is 11.2 Å². The van der Waals surface area contributed by atoms with Crippen molar-refractivity contribution in [3.05, 3.63) is 47.7 Å². The van der Waals surface area contributed by atoms with Crippen LogP contribution >= 0.6 is 11.6 Å². The van der Waals surface area contributed by atoms with Gasteiger partial charge in [-0.1, -0.05) is 18.2 Å². The molecule has 1 atom stereocenters. The fourth-order valence-electron chi connectivity index (χ4n) is 3.76. The van der Waals surface area contributed by atoms with Gasteiger partial charge in [0.1, 0.15) is 5.82 Å². The summed E-state index contributed by atoms with van der Waals surface area (Å²) in [4.78, 5) is 10.9. The summed E-state index contributed by atoms with van der Waals surface area (Å²) in [5.41, 5.74) is 2.93. The molecule has 1 fully saturated rings. The van der Waals surface area contributed by atoms with E-state index in [4.69, 9.17) is 11.6 Å². The highest BCUT2D eigenvalue weighted by Crippen LogP contribution is 2.33. The Labute approximate surface area is 174 Å². The standard InChI is InChI=1S/C20H21ClN4O3S/c1-29(27,28)24-15-5-2-4-13(10-15)14-7-8-17-18(11-14)22-20(21)23-19(17)25-9-3-6-16(25)12-26/h2,4-5,7-8,10-11,16,24,26H,3,6,9,12H2,1H3. The number of benzene rings is 2. The van der Waals surface area contributed by atoms with Crippen molar-refractivity contribution in [2.45, 2.75) is 18.9 Å². The summed E-state index contributed by atoms with van der Waals surface area (Å²) in [7, 11) is -3.35. The first kappa shape index (κ1) is 19.9. The fraction of sp³-hybridized carbons (Fsp3) is 0.300. The lowest BCUT2D eigenvalue weighted by Crippen LogP contribution is -2.33. The van der Waals surface area contributed by atoms with Crippen LogP contribution in [0, 0.1) is 0 Å². The van der Waals surface area contributed by atoms with Gasteiger partial charge < -0.3 is 10.0 Å². The third-order valence-corrected chi connectivity index (χ3v) is 5.78.